The van der Waals surface area contributed by atoms with Crippen molar-refractivity contribution in [3.05, 3.63) is 24.6 Å². The predicted octanol–water partition coefficient (Wildman–Crippen LogP) is 1.18. The third-order valence-electron chi connectivity index (χ3n) is 3.33. The van der Waals surface area contributed by atoms with Gasteiger partial charge in [-0.15, -0.1) is 36.2 Å². The summed E-state index contributed by atoms with van der Waals surface area (Å²) in [5, 5.41) is 8.89. The first-order chi connectivity index (χ1) is 11.3. The molecule has 0 aliphatic carbocycles. The Morgan fingerprint density at radius 1 is 1.00 bits per heavy atom. The average molecular weight is 431 g/mol. The summed E-state index contributed by atoms with van der Waals surface area (Å²) >= 11 is 5.55. The van der Waals surface area contributed by atoms with E-state index in [1.54, 1.807) is 0 Å². The van der Waals surface area contributed by atoms with Crippen LogP contribution in [-0.4, -0.2) is 40.6 Å². The molecular weight excluding hydrogens is 395 g/mol. The first-order valence-electron chi connectivity index (χ1n) is 8.47. The average Bonchev–Trinajstić information content (AvgIpc) is 2.50. The van der Waals surface area contributed by atoms with E-state index in [9.17, 15) is 4.79 Å². The van der Waals surface area contributed by atoms with Crippen LogP contribution < -0.4 is 34.7 Å². The predicted molar refractivity (Wildman–Crippen MR) is 112 cm³/mol. The zero-order valence-electron chi connectivity index (χ0n) is 17.8. The zero-order valence-corrected chi connectivity index (χ0v) is 22.6. The van der Waals surface area contributed by atoms with E-state index in [0.29, 0.717) is 6.61 Å². The Morgan fingerprint density at radius 2 is 1.35 bits per heavy atom. The maximum Gasteiger partial charge on any atom is 1.00 e. The molecule has 0 saturated carbocycles. The van der Waals surface area contributed by atoms with Gasteiger partial charge in [0.05, 0.1) is 22.8 Å². The van der Waals surface area contributed by atoms with E-state index < -0.39 is 22.1 Å². The Balaban J connectivity index is -0.000000153. The van der Waals surface area contributed by atoms with Crippen LogP contribution in [0.25, 0.3) is 0 Å². The van der Waals surface area contributed by atoms with Crippen molar-refractivity contribution in [3.63, 3.8) is 0 Å². The van der Waals surface area contributed by atoms with Gasteiger partial charge in [0.1, 0.15) is 0 Å². The number of halogens is 1. The van der Waals surface area contributed by atoms with Crippen LogP contribution in [-0.2, 0) is 14.3 Å². The fourth-order valence-electron chi connectivity index (χ4n) is 1.47. The molecule has 0 saturated heterocycles. The molecule has 0 atom stereocenters. The standard InChI is InChI=1S/C9H18O2Si.C7H15ClSi.C2H4O2.Na/c1-5-12(3,4)8-6-7-11-9(2)10;1-4-9(2,3)7-5-6-8;1-2(3)4;/h5H,1,6-8H2,2-4H3;4H,1,5-7H2,2-3H3;1H3,(H,3,4);/q;;;+1/p-1. The maximum absolute atomic E-state index is 10.4. The van der Waals surface area contributed by atoms with Crippen molar-refractivity contribution in [2.45, 2.75) is 65.0 Å². The number of alkyl halides is 1. The van der Waals surface area contributed by atoms with Crippen molar-refractivity contribution in [1.82, 2.24) is 0 Å². The van der Waals surface area contributed by atoms with E-state index in [-0.39, 0.29) is 35.5 Å². The number of carbonyl (C=O) groups is 2. The van der Waals surface area contributed by atoms with Gasteiger partial charge in [-0.05, 0) is 19.8 Å². The Bertz CT molecular complexity index is 399. The van der Waals surface area contributed by atoms with Gasteiger partial charge < -0.3 is 14.6 Å². The summed E-state index contributed by atoms with van der Waals surface area (Å²) in [6.07, 6.45) is 2.11. The van der Waals surface area contributed by atoms with Crippen molar-refractivity contribution < 1.29 is 49.0 Å². The summed E-state index contributed by atoms with van der Waals surface area (Å²) in [7, 11) is -2.20. The number of esters is 1. The third kappa shape index (κ3) is 35.3. The number of hydrogen-bond acceptors (Lipinski definition) is 4. The van der Waals surface area contributed by atoms with E-state index in [2.05, 4.69) is 50.7 Å². The molecule has 0 aromatic heterocycles. The molecule has 0 aromatic carbocycles. The first kappa shape index (κ1) is 33.7. The molecular formula is C18H36ClNaO4Si2. The Kier molecular flexibility index (Phi) is 25.8. The maximum atomic E-state index is 10.4. The van der Waals surface area contributed by atoms with Crippen LogP contribution in [0.3, 0.4) is 0 Å². The van der Waals surface area contributed by atoms with Gasteiger partial charge in [-0.25, -0.2) is 0 Å². The zero-order chi connectivity index (χ0) is 20.5. The normalized spacial score (nSPS) is 9.96. The van der Waals surface area contributed by atoms with Crippen molar-refractivity contribution in [3.8, 4) is 0 Å². The summed E-state index contributed by atoms with van der Waals surface area (Å²) in [6.45, 7) is 19.7. The third-order valence-corrected chi connectivity index (χ3v) is 9.09. The molecule has 4 nitrogen and oxygen atoms in total. The van der Waals surface area contributed by atoms with E-state index in [0.717, 1.165) is 31.7 Å². The molecule has 0 amide bonds. The summed E-state index contributed by atoms with van der Waals surface area (Å²) in [4.78, 5) is 19.3. The van der Waals surface area contributed by atoms with Gasteiger partial charge in [-0.3, -0.25) is 4.79 Å². The largest absolute Gasteiger partial charge is 1.00 e. The van der Waals surface area contributed by atoms with Crippen LogP contribution in [0.1, 0.15) is 26.7 Å². The summed E-state index contributed by atoms with van der Waals surface area (Å²) in [6, 6.07) is 2.42. The number of carboxylic acid groups (broad SMARTS) is 1. The molecule has 148 valence electrons. The molecule has 0 spiro atoms. The summed E-state index contributed by atoms with van der Waals surface area (Å²) in [5.41, 5.74) is 4.19. The second kappa shape index (κ2) is 19.9. The smallest absolute Gasteiger partial charge is 0.550 e. The van der Waals surface area contributed by atoms with E-state index in [1.807, 2.05) is 0 Å². The van der Waals surface area contributed by atoms with Crippen LogP contribution in [0.15, 0.2) is 24.6 Å². The van der Waals surface area contributed by atoms with E-state index in [1.165, 1.54) is 13.0 Å². The molecule has 8 heteroatoms. The van der Waals surface area contributed by atoms with Gasteiger partial charge in [-0.2, -0.15) is 0 Å². The number of carboxylic acids is 1. The van der Waals surface area contributed by atoms with E-state index >= 15 is 0 Å². The number of hydrogen-bond donors (Lipinski definition) is 0. The van der Waals surface area contributed by atoms with Gasteiger partial charge in [0, 0.05) is 18.8 Å². The topological polar surface area (TPSA) is 66.4 Å². The Labute approximate surface area is 189 Å². The van der Waals surface area contributed by atoms with Gasteiger partial charge >= 0.3 is 35.5 Å². The van der Waals surface area contributed by atoms with Crippen LogP contribution in [0.2, 0.25) is 38.3 Å². The Morgan fingerprint density at radius 3 is 1.62 bits per heavy atom. The molecule has 0 aliphatic heterocycles. The van der Waals surface area contributed by atoms with Crippen LogP contribution in [0.5, 0.6) is 0 Å². The minimum atomic E-state index is -1.18. The molecule has 0 aliphatic rings. The van der Waals surface area contributed by atoms with Gasteiger partial charge in [0.15, 0.2) is 0 Å². The van der Waals surface area contributed by atoms with Gasteiger partial charge in [-0.1, -0.05) is 38.3 Å². The fraction of sp³-hybridized carbons (Fsp3) is 0.667. The van der Waals surface area contributed by atoms with Crippen LogP contribution in [0, 0.1) is 0 Å². The van der Waals surface area contributed by atoms with Gasteiger partial charge in [0.25, 0.3) is 0 Å². The molecule has 0 unspecified atom stereocenters. The second-order valence-corrected chi connectivity index (χ2v) is 17.3. The quantitative estimate of drug-likeness (QED) is 0.238. The summed E-state index contributed by atoms with van der Waals surface area (Å²) in [5.74, 6) is -0.474. The van der Waals surface area contributed by atoms with Gasteiger partial charge in [0.2, 0.25) is 0 Å². The molecule has 0 rings (SSSR count). The fourth-order valence-corrected chi connectivity index (χ4v) is 4.38. The monoisotopic (exact) mass is 430 g/mol. The molecule has 0 radical (unpaired) electrons. The summed E-state index contributed by atoms with van der Waals surface area (Å²) < 4.78 is 4.83. The first-order valence-corrected chi connectivity index (χ1v) is 15.6. The number of rotatable bonds is 9. The van der Waals surface area contributed by atoms with Crippen LogP contribution >= 0.6 is 11.6 Å². The minimum Gasteiger partial charge on any atom is -0.550 e. The van der Waals surface area contributed by atoms with Crippen molar-refractivity contribution in [1.29, 1.82) is 0 Å². The van der Waals surface area contributed by atoms with E-state index in [4.69, 9.17) is 26.2 Å². The van der Waals surface area contributed by atoms with Crippen molar-refractivity contribution in [2.24, 2.45) is 0 Å². The molecule has 0 heterocycles. The van der Waals surface area contributed by atoms with Crippen molar-refractivity contribution >= 4 is 39.7 Å². The Hall–Kier alpha value is 0.144. The second-order valence-electron chi connectivity index (χ2n) is 7.11. The number of aliphatic carboxylic acids is 1. The molecule has 0 N–H and O–H groups in total. The molecule has 0 bridgehead atoms. The molecule has 26 heavy (non-hydrogen) atoms. The molecule has 0 aromatic rings. The molecule has 0 fully saturated rings. The van der Waals surface area contributed by atoms with Crippen LogP contribution in [0.4, 0.5) is 0 Å². The number of carbonyl (C=O) groups excluding carboxylic acids is 2. The van der Waals surface area contributed by atoms with Crippen molar-refractivity contribution in [2.75, 3.05) is 12.5 Å². The number of ether oxygens (including phenoxy) is 1. The SMILES string of the molecule is C=C[Si](C)(C)CCCCl.C=C[Si](C)(C)CCCOC(C)=O.CC(=O)[O-].[Na+]. The minimum absolute atomic E-state index is 0.